The van der Waals surface area contributed by atoms with Crippen LogP contribution in [0.25, 0.3) is 94.3 Å². The molecule has 2 aliphatic rings. The van der Waals surface area contributed by atoms with E-state index in [4.69, 9.17) is 0 Å². The van der Waals surface area contributed by atoms with Gasteiger partial charge in [-0.05, 0) is 178 Å². The zero-order valence-corrected chi connectivity index (χ0v) is 51.8. The van der Waals surface area contributed by atoms with Gasteiger partial charge in [0.1, 0.15) is 0 Å². The van der Waals surface area contributed by atoms with Gasteiger partial charge in [0.05, 0.1) is 16.7 Å². The number of rotatable bonds is 9. The first-order valence-electron chi connectivity index (χ1n) is 31.7. The molecular weight excluding hydrogens is 1090 g/mol. The lowest BCUT2D eigenvalue weighted by molar-refractivity contribution is 0.592. The van der Waals surface area contributed by atoms with Crippen LogP contribution >= 0.6 is 0 Å². The van der Waals surface area contributed by atoms with Crippen molar-refractivity contribution in [3.05, 3.63) is 314 Å². The van der Waals surface area contributed by atoms with Crippen molar-refractivity contribution in [3.63, 3.8) is 0 Å². The molecule has 0 N–H and O–H groups in total. The SMILES string of the molecule is CC(C)(C)c1cc2c(cc1-c1ccccc1)B1c3cc(-c4ccccc4)c(C(C)(C)C)cc3N(c3ccc(-c4ccccc4)cc3)c3cc(-n4c5ccc(-c6ccccc6)cc5c5cc(-c6ccccc6)ccc54)cc(c31)N2c1ccc(-c2ccccc2)cc1. The zero-order chi connectivity index (χ0) is 60.8. The fourth-order valence-electron chi connectivity index (χ4n) is 14.5. The first-order valence-corrected chi connectivity index (χ1v) is 31.7. The molecule has 3 heterocycles. The molecule has 0 atom stereocenters. The van der Waals surface area contributed by atoms with Crippen LogP contribution in [0.3, 0.4) is 0 Å². The third-order valence-electron chi connectivity index (χ3n) is 18.8. The largest absolute Gasteiger partial charge is 0.311 e. The quantitative estimate of drug-likeness (QED) is 0.133. The highest BCUT2D eigenvalue weighted by atomic mass is 15.2. The minimum Gasteiger partial charge on any atom is -0.311 e. The summed E-state index contributed by atoms with van der Waals surface area (Å²) in [5.41, 5.74) is 30.7. The Hall–Kier alpha value is -10.7. The van der Waals surface area contributed by atoms with Gasteiger partial charge in [-0.25, -0.2) is 0 Å². The highest BCUT2D eigenvalue weighted by Gasteiger charge is 2.46. The van der Waals surface area contributed by atoms with Crippen molar-refractivity contribution in [2.24, 2.45) is 0 Å². The number of hydrogen-bond donors (Lipinski definition) is 0. The highest BCUT2D eigenvalue weighted by molar-refractivity contribution is 7.00. The maximum atomic E-state index is 2.62. The van der Waals surface area contributed by atoms with Crippen LogP contribution in [0.15, 0.2) is 303 Å². The molecule has 0 saturated carbocycles. The molecule has 13 aromatic carbocycles. The summed E-state index contributed by atoms with van der Waals surface area (Å²) >= 11 is 0. The van der Waals surface area contributed by atoms with E-state index in [9.17, 15) is 0 Å². The number of hydrogen-bond acceptors (Lipinski definition) is 2. The van der Waals surface area contributed by atoms with Crippen molar-refractivity contribution in [2.45, 2.75) is 52.4 Å². The predicted molar refractivity (Wildman–Crippen MR) is 385 cm³/mol. The Bertz CT molecular complexity index is 4710. The van der Waals surface area contributed by atoms with E-state index in [-0.39, 0.29) is 17.5 Å². The summed E-state index contributed by atoms with van der Waals surface area (Å²) in [5, 5.41) is 2.41. The topological polar surface area (TPSA) is 11.4 Å². The van der Waals surface area contributed by atoms with Crippen LogP contribution in [0.5, 0.6) is 0 Å². The monoisotopic (exact) mass is 1150 g/mol. The molecule has 0 unspecified atom stereocenters. The third kappa shape index (κ3) is 9.36. The van der Waals surface area contributed by atoms with Gasteiger partial charge in [-0.15, -0.1) is 0 Å². The van der Waals surface area contributed by atoms with Crippen LogP contribution in [-0.4, -0.2) is 11.3 Å². The molecule has 0 radical (unpaired) electrons. The summed E-state index contributed by atoms with van der Waals surface area (Å²) in [6, 6.07) is 114. The molecule has 0 aliphatic carbocycles. The molecule has 0 saturated heterocycles. The molecule has 3 nitrogen and oxygen atoms in total. The minimum atomic E-state index is -0.216. The van der Waals surface area contributed by atoms with Gasteiger partial charge in [-0.1, -0.05) is 272 Å². The second-order valence-corrected chi connectivity index (χ2v) is 26.5. The van der Waals surface area contributed by atoms with Gasteiger partial charge in [0.2, 0.25) is 0 Å². The molecule has 2 aliphatic heterocycles. The smallest absolute Gasteiger partial charge is 0.252 e. The summed E-state index contributed by atoms with van der Waals surface area (Å²) < 4.78 is 2.55. The van der Waals surface area contributed by atoms with Gasteiger partial charge < -0.3 is 14.4 Å². The lowest BCUT2D eigenvalue weighted by atomic mass is 9.33. The van der Waals surface area contributed by atoms with E-state index >= 15 is 0 Å². The van der Waals surface area contributed by atoms with Crippen molar-refractivity contribution in [2.75, 3.05) is 9.80 Å². The average molecular weight is 1150 g/mol. The van der Waals surface area contributed by atoms with Gasteiger partial charge >= 0.3 is 0 Å². The van der Waals surface area contributed by atoms with Crippen LogP contribution < -0.4 is 26.2 Å². The fraction of sp³-hybridized carbons (Fsp3) is 0.0930. The Morgan fingerprint density at radius 1 is 0.256 bits per heavy atom. The molecule has 0 amide bonds. The maximum absolute atomic E-state index is 2.62. The van der Waals surface area contributed by atoms with E-state index in [0.717, 1.165) is 39.5 Å². The first-order chi connectivity index (χ1) is 43.9. The third-order valence-corrected chi connectivity index (χ3v) is 18.8. The first kappa shape index (κ1) is 54.7. The Kier molecular flexibility index (Phi) is 13.1. The lowest BCUT2D eigenvalue weighted by Gasteiger charge is -2.46. The Morgan fingerprint density at radius 2 is 0.556 bits per heavy atom. The lowest BCUT2D eigenvalue weighted by Crippen LogP contribution is -2.61. The molecule has 14 aromatic rings. The number of aromatic nitrogens is 1. The Morgan fingerprint density at radius 3 is 0.889 bits per heavy atom. The van der Waals surface area contributed by atoms with Gasteiger partial charge in [-0.2, -0.15) is 0 Å². The number of benzene rings is 13. The van der Waals surface area contributed by atoms with Crippen molar-refractivity contribution < 1.29 is 0 Å². The predicted octanol–water partition coefficient (Wildman–Crippen LogP) is 21.5. The zero-order valence-electron chi connectivity index (χ0n) is 51.8. The summed E-state index contributed by atoms with van der Waals surface area (Å²) in [6.45, 7) is 14.1. The van der Waals surface area contributed by atoms with Gasteiger partial charge in [0.25, 0.3) is 6.71 Å². The van der Waals surface area contributed by atoms with Crippen LogP contribution in [0.1, 0.15) is 52.7 Å². The molecule has 0 spiro atoms. The van der Waals surface area contributed by atoms with E-state index in [0.29, 0.717) is 0 Å². The van der Waals surface area contributed by atoms with E-state index in [1.165, 1.54) is 116 Å². The maximum Gasteiger partial charge on any atom is 0.252 e. The Labute approximate surface area is 529 Å². The van der Waals surface area contributed by atoms with Crippen molar-refractivity contribution in [1.29, 1.82) is 0 Å². The van der Waals surface area contributed by atoms with E-state index in [2.05, 4.69) is 359 Å². The summed E-state index contributed by atoms with van der Waals surface area (Å²) in [5.74, 6) is 0. The molecule has 430 valence electrons. The van der Waals surface area contributed by atoms with Gasteiger partial charge in [-0.3, -0.25) is 0 Å². The van der Waals surface area contributed by atoms with Crippen molar-refractivity contribution >= 4 is 79.0 Å². The molecule has 90 heavy (non-hydrogen) atoms. The van der Waals surface area contributed by atoms with E-state index < -0.39 is 0 Å². The highest BCUT2D eigenvalue weighted by Crippen LogP contribution is 2.50. The Balaban J connectivity index is 1.06. The van der Waals surface area contributed by atoms with Crippen LogP contribution in [0.4, 0.5) is 34.1 Å². The van der Waals surface area contributed by atoms with Crippen molar-refractivity contribution in [3.8, 4) is 72.4 Å². The normalized spacial score (nSPS) is 12.7. The van der Waals surface area contributed by atoms with E-state index in [1.807, 2.05) is 0 Å². The van der Waals surface area contributed by atoms with Crippen molar-refractivity contribution in [1.82, 2.24) is 4.57 Å². The number of nitrogens with zero attached hydrogens (tertiary/aromatic N) is 3. The second kappa shape index (κ2) is 21.6. The summed E-state index contributed by atoms with van der Waals surface area (Å²) in [7, 11) is 0. The summed E-state index contributed by atoms with van der Waals surface area (Å²) in [6.07, 6.45) is 0. The molecule has 16 rings (SSSR count). The molecule has 4 heteroatoms. The van der Waals surface area contributed by atoms with Crippen LogP contribution in [0, 0.1) is 0 Å². The van der Waals surface area contributed by atoms with Gasteiger partial charge in [0, 0.05) is 44.9 Å². The van der Waals surface area contributed by atoms with Crippen LogP contribution in [0.2, 0.25) is 0 Å². The standard InChI is InChI=1S/C86H68BN3/c1-85(2,3)74-55-80-76(53-70(74)63-33-21-11-22-34-63)87-77-54-71(64-35-23-12-24-36-64)75(86(4,5)6)56-81(77)89(68-45-39-62(40-46-68)58-27-15-8-16-28-58)83-52-69(51-82(84(83)87)88(80)67-43-37-61(38-44-67)57-25-13-7-14-26-57)90-78-47-41-65(59-29-17-9-18-30-59)49-72(78)73-50-66(42-48-79(73)90)60-31-19-10-20-32-60/h7-56H,1-6H3. The number of fused-ring (bicyclic) bond motifs is 7. The molecular formula is C86H68BN3. The fourth-order valence-corrected chi connectivity index (χ4v) is 14.5. The molecule has 0 fully saturated rings. The molecule has 0 bridgehead atoms. The average Bonchev–Trinajstić information content (AvgIpc) is 0.705. The summed E-state index contributed by atoms with van der Waals surface area (Å²) in [4.78, 5) is 5.23. The molecule has 1 aromatic heterocycles. The number of anilines is 6. The van der Waals surface area contributed by atoms with E-state index in [1.54, 1.807) is 0 Å². The van der Waals surface area contributed by atoms with Crippen LogP contribution in [-0.2, 0) is 10.8 Å². The second-order valence-electron chi connectivity index (χ2n) is 26.5. The van der Waals surface area contributed by atoms with Gasteiger partial charge in [0.15, 0.2) is 0 Å². The minimum absolute atomic E-state index is 0.179.